The van der Waals surface area contributed by atoms with E-state index in [4.69, 9.17) is 0 Å². The van der Waals surface area contributed by atoms with E-state index in [9.17, 15) is 10.2 Å². The van der Waals surface area contributed by atoms with Gasteiger partial charge in [0.15, 0.2) is 0 Å². The summed E-state index contributed by atoms with van der Waals surface area (Å²) in [6.07, 6.45) is 12.3. The Morgan fingerprint density at radius 2 is 1.72 bits per heavy atom. The summed E-state index contributed by atoms with van der Waals surface area (Å²) in [4.78, 5) is 0. The molecule has 4 fully saturated rings. The summed E-state index contributed by atoms with van der Waals surface area (Å²) in [7, 11) is 0. The van der Waals surface area contributed by atoms with Gasteiger partial charge in [0.05, 0.1) is 12.2 Å². The molecule has 4 aliphatic rings. The lowest BCUT2D eigenvalue weighted by Gasteiger charge is -2.61. The van der Waals surface area contributed by atoms with Crippen LogP contribution in [0.4, 0.5) is 0 Å². The van der Waals surface area contributed by atoms with E-state index in [1.165, 1.54) is 38.5 Å². The maximum atomic E-state index is 10.6. The zero-order valence-electron chi connectivity index (χ0n) is 16.1. The van der Waals surface area contributed by atoms with E-state index < -0.39 is 0 Å². The molecule has 2 nitrogen and oxygen atoms in total. The van der Waals surface area contributed by atoms with Crippen molar-refractivity contribution in [2.24, 2.45) is 40.4 Å². The third kappa shape index (κ3) is 2.59. The predicted octanol–water partition coefficient (Wildman–Crippen LogP) is 4.71. The lowest BCUT2D eigenvalue weighted by atomic mass is 9.44. The Morgan fingerprint density at radius 3 is 2.48 bits per heavy atom. The number of rotatable bonds is 2. The molecule has 2 N–H and O–H groups in total. The minimum absolute atomic E-state index is 0.0554. The standard InChI is InChI=1S/C23H36O2/c1-4-5-21(25)20-9-8-18-17-7-6-15-14-16(24)10-12-22(15,2)19(17)11-13-23(18,20)3/h5,15-21,24-25H,1,6-14H2,2-3H3/t15-,16+,17?,18?,19?,20+,21+,22-,23-/m0/s1. The van der Waals surface area contributed by atoms with E-state index in [-0.39, 0.29) is 17.6 Å². The monoisotopic (exact) mass is 344 g/mol. The van der Waals surface area contributed by atoms with Gasteiger partial charge in [0, 0.05) is 0 Å². The van der Waals surface area contributed by atoms with Gasteiger partial charge in [-0.3, -0.25) is 0 Å². The molecule has 0 bridgehead atoms. The molecule has 0 aromatic carbocycles. The zero-order valence-corrected chi connectivity index (χ0v) is 16.1. The molecule has 4 saturated carbocycles. The Hall–Kier alpha value is -0.560. The maximum absolute atomic E-state index is 10.6. The highest BCUT2D eigenvalue weighted by atomic mass is 16.3. The molecule has 4 rings (SSSR count). The number of hydrogen-bond donors (Lipinski definition) is 2. The van der Waals surface area contributed by atoms with Gasteiger partial charge in [0.1, 0.15) is 0 Å². The van der Waals surface area contributed by atoms with Gasteiger partial charge in [0.25, 0.3) is 0 Å². The summed E-state index contributed by atoms with van der Waals surface area (Å²) in [6.45, 7) is 8.67. The third-order valence-electron chi connectivity index (χ3n) is 9.41. The quantitative estimate of drug-likeness (QED) is 0.712. The smallest absolute Gasteiger partial charge is 0.0827 e. The summed E-state index contributed by atoms with van der Waals surface area (Å²) in [6, 6.07) is 0. The molecule has 3 unspecified atom stereocenters. The summed E-state index contributed by atoms with van der Waals surface area (Å²) in [5, 5.41) is 20.8. The largest absolute Gasteiger partial charge is 0.393 e. The van der Waals surface area contributed by atoms with Gasteiger partial charge in [-0.2, -0.15) is 0 Å². The van der Waals surface area contributed by atoms with E-state index in [1.807, 2.05) is 0 Å². The van der Waals surface area contributed by atoms with Crippen LogP contribution in [0, 0.1) is 40.4 Å². The van der Waals surface area contributed by atoms with Gasteiger partial charge in [-0.15, -0.1) is 5.73 Å². The fourth-order valence-electron chi connectivity index (χ4n) is 8.07. The van der Waals surface area contributed by atoms with Crippen molar-refractivity contribution in [2.45, 2.75) is 83.8 Å². The van der Waals surface area contributed by atoms with Crippen molar-refractivity contribution in [3.05, 3.63) is 18.4 Å². The summed E-state index contributed by atoms with van der Waals surface area (Å²) >= 11 is 0. The molecule has 0 heterocycles. The van der Waals surface area contributed by atoms with Gasteiger partial charge in [-0.1, -0.05) is 20.4 Å². The van der Waals surface area contributed by atoms with Crippen LogP contribution in [0.15, 0.2) is 18.4 Å². The third-order valence-corrected chi connectivity index (χ3v) is 9.41. The summed E-state index contributed by atoms with van der Waals surface area (Å²) in [5.74, 6) is 3.55. The molecule has 9 atom stereocenters. The number of hydrogen-bond acceptors (Lipinski definition) is 2. The average molecular weight is 345 g/mol. The molecule has 0 radical (unpaired) electrons. The van der Waals surface area contributed by atoms with E-state index in [1.54, 1.807) is 6.08 Å². The van der Waals surface area contributed by atoms with Crippen molar-refractivity contribution in [2.75, 3.05) is 0 Å². The van der Waals surface area contributed by atoms with Crippen LogP contribution in [0.1, 0.15) is 71.6 Å². The van der Waals surface area contributed by atoms with Crippen LogP contribution >= 0.6 is 0 Å². The average Bonchev–Trinajstić information content (AvgIpc) is 2.93. The topological polar surface area (TPSA) is 40.5 Å². The number of aliphatic hydroxyl groups is 2. The van der Waals surface area contributed by atoms with Crippen molar-refractivity contribution in [1.29, 1.82) is 0 Å². The van der Waals surface area contributed by atoms with Crippen LogP contribution in [-0.2, 0) is 0 Å². The Kier molecular flexibility index (Phi) is 4.46. The molecule has 0 saturated heterocycles. The van der Waals surface area contributed by atoms with Crippen molar-refractivity contribution in [1.82, 2.24) is 0 Å². The lowest BCUT2D eigenvalue weighted by molar-refractivity contribution is -0.131. The molecule has 2 heteroatoms. The first-order chi connectivity index (χ1) is 11.9. The minimum atomic E-state index is -0.374. The molecule has 0 aliphatic heterocycles. The Balaban J connectivity index is 1.59. The van der Waals surface area contributed by atoms with Crippen LogP contribution in [0.3, 0.4) is 0 Å². The molecular weight excluding hydrogens is 308 g/mol. The molecular formula is C23H36O2. The molecule has 0 amide bonds. The molecule has 25 heavy (non-hydrogen) atoms. The second-order valence-electron chi connectivity index (χ2n) is 10.2. The first kappa shape index (κ1) is 17.8. The van der Waals surface area contributed by atoms with Gasteiger partial charge < -0.3 is 10.2 Å². The summed E-state index contributed by atoms with van der Waals surface area (Å²) < 4.78 is 0. The Labute approximate surface area is 153 Å². The van der Waals surface area contributed by atoms with Crippen LogP contribution in [0.5, 0.6) is 0 Å². The molecule has 140 valence electrons. The Morgan fingerprint density at radius 1 is 1.00 bits per heavy atom. The number of fused-ring (bicyclic) bond motifs is 5. The highest BCUT2D eigenvalue weighted by Crippen LogP contribution is 2.67. The van der Waals surface area contributed by atoms with Crippen molar-refractivity contribution in [3.8, 4) is 0 Å². The van der Waals surface area contributed by atoms with E-state index >= 15 is 0 Å². The van der Waals surface area contributed by atoms with E-state index in [2.05, 4.69) is 26.2 Å². The van der Waals surface area contributed by atoms with Crippen LogP contribution < -0.4 is 0 Å². The second-order valence-corrected chi connectivity index (χ2v) is 10.2. The minimum Gasteiger partial charge on any atom is -0.393 e. The Bertz CT molecular complexity index is 564. The van der Waals surface area contributed by atoms with E-state index in [0.717, 1.165) is 42.9 Å². The van der Waals surface area contributed by atoms with Gasteiger partial charge in [-0.25, -0.2) is 0 Å². The second kappa shape index (κ2) is 6.25. The molecule has 0 aromatic heterocycles. The fraction of sp³-hybridized carbons (Fsp3) is 0.870. The molecule has 4 aliphatic carbocycles. The zero-order chi connectivity index (χ0) is 17.8. The van der Waals surface area contributed by atoms with Gasteiger partial charge in [-0.05, 0) is 104 Å². The van der Waals surface area contributed by atoms with E-state index in [0.29, 0.717) is 11.3 Å². The van der Waals surface area contributed by atoms with Crippen molar-refractivity contribution in [3.63, 3.8) is 0 Å². The molecule has 0 aromatic rings. The maximum Gasteiger partial charge on any atom is 0.0827 e. The lowest BCUT2D eigenvalue weighted by Crippen LogP contribution is -2.54. The fourth-order valence-corrected chi connectivity index (χ4v) is 8.07. The SMILES string of the molecule is C=C=C[C@@H](O)[C@H]1CCC2C3CC[C@H]4C[C@H](O)CC[C@]4(C)C3CC[C@@]21C. The van der Waals surface area contributed by atoms with Gasteiger partial charge >= 0.3 is 0 Å². The van der Waals surface area contributed by atoms with Gasteiger partial charge in [0.2, 0.25) is 0 Å². The first-order valence-electron chi connectivity index (χ1n) is 10.6. The predicted molar refractivity (Wildman–Crippen MR) is 101 cm³/mol. The van der Waals surface area contributed by atoms with Crippen LogP contribution in [0.25, 0.3) is 0 Å². The number of aliphatic hydroxyl groups excluding tert-OH is 2. The van der Waals surface area contributed by atoms with Crippen molar-refractivity contribution < 1.29 is 10.2 Å². The summed E-state index contributed by atoms with van der Waals surface area (Å²) in [5.41, 5.74) is 3.54. The highest BCUT2D eigenvalue weighted by molar-refractivity contribution is 5.11. The normalized spacial score (nSPS) is 53.1. The van der Waals surface area contributed by atoms with Crippen LogP contribution in [0.2, 0.25) is 0 Å². The highest BCUT2D eigenvalue weighted by Gasteiger charge is 2.60. The van der Waals surface area contributed by atoms with Crippen molar-refractivity contribution >= 4 is 0 Å². The molecule has 0 spiro atoms. The van der Waals surface area contributed by atoms with Crippen LogP contribution in [-0.4, -0.2) is 22.4 Å². The first-order valence-corrected chi connectivity index (χ1v) is 10.6.